The Morgan fingerprint density at radius 1 is 1.09 bits per heavy atom. The van der Waals surface area contributed by atoms with Gasteiger partial charge >= 0.3 is 6.18 Å². The minimum atomic E-state index is -4.66. The molecule has 1 unspecified atom stereocenters. The van der Waals surface area contributed by atoms with Gasteiger partial charge in [-0.3, -0.25) is 9.59 Å². The van der Waals surface area contributed by atoms with Crippen LogP contribution in [0.25, 0.3) is 0 Å². The second kappa shape index (κ2) is 9.84. The number of hydrogen-bond donors (Lipinski definition) is 2. The van der Waals surface area contributed by atoms with Crippen molar-refractivity contribution in [1.82, 2.24) is 10.2 Å². The van der Waals surface area contributed by atoms with E-state index in [-0.39, 0.29) is 17.5 Å². The fourth-order valence-electron chi connectivity index (χ4n) is 5.44. The van der Waals surface area contributed by atoms with E-state index < -0.39 is 34.9 Å². The third-order valence-electron chi connectivity index (χ3n) is 7.75. The molecule has 3 fully saturated rings. The zero-order valence-corrected chi connectivity index (χ0v) is 19.3. The minimum absolute atomic E-state index is 0.0363. The average Bonchev–Trinajstić information content (AvgIpc) is 3.60. The van der Waals surface area contributed by atoms with Gasteiger partial charge < -0.3 is 16.0 Å². The Balaban J connectivity index is 1.52. The number of halogens is 4. The summed E-state index contributed by atoms with van der Waals surface area (Å²) in [5, 5.41) is 2.90. The first kappa shape index (κ1) is 24.9. The number of piperidine rings is 1. The molecule has 3 N–H and O–H groups in total. The maximum atomic E-state index is 14.7. The Morgan fingerprint density at radius 3 is 2.29 bits per heavy atom. The van der Waals surface area contributed by atoms with Crippen molar-refractivity contribution >= 4 is 11.8 Å². The summed E-state index contributed by atoms with van der Waals surface area (Å²) < 4.78 is 53.6. The highest BCUT2D eigenvalue weighted by atomic mass is 19.4. The van der Waals surface area contributed by atoms with Gasteiger partial charge in [0.1, 0.15) is 11.9 Å². The summed E-state index contributed by atoms with van der Waals surface area (Å²) in [7, 11) is 0. The number of rotatable bonds is 6. The van der Waals surface area contributed by atoms with Gasteiger partial charge in [-0.15, -0.1) is 0 Å². The molecule has 1 aliphatic heterocycles. The number of amides is 2. The van der Waals surface area contributed by atoms with Crippen LogP contribution >= 0.6 is 0 Å². The molecule has 1 heterocycles. The van der Waals surface area contributed by atoms with Crippen molar-refractivity contribution in [1.29, 1.82) is 0 Å². The summed E-state index contributed by atoms with van der Waals surface area (Å²) in [6.45, 7) is 1.07. The Labute approximate surface area is 197 Å². The van der Waals surface area contributed by atoms with Gasteiger partial charge in [0.05, 0.1) is 11.0 Å². The molecular weight excluding hydrogens is 450 g/mol. The van der Waals surface area contributed by atoms with E-state index in [0.717, 1.165) is 37.8 Å². The van der Waals surface area contributed by atoms with Crippen LogP contribution in [0.1, 0.15) is 75.3 Å². The van der Waals surface area contributed by atoms with Crippen molar-refractivity contribution in [3.05, 3.63) is 35.1 Å². The lowest BCUT2D eigenvalue weighted by molar-refractivity contribution is -0.138. The van der Waals surface area contributed by atoms with Crippen LogP contribution in [-0.4, -0.2) is 41.9 Å². The number of nitrogens with two attached hydrogens (primary N) is 1. The minimum Gasteiger partial charge on any atom is -0.344 e. The first-order valence-corrected chi connectivity index (χ1v) is 12.3. The predicted molar refractivity (Wildman–Crippen MR) is 119 cm³/mol. The smallest absolute Gasteiger partial charge is 0.344 e. The molecule has 4 rings (SSSR count). The van der Waals surface area contributed by atoms with Crippen molar-refractivity contribution in [3.63, 3.8) is 0 Å². The number of nitrogens with zero attached hydrogens (tertiary/aromatic N) is 1. The van der Waals surface area contributed by atoms with Gasteiger partial charge in [0.15, 0.2) is 0 Å². The van der Waals surface area contributed by atoms with E-state index in [1.54, 1.807) is 4.90 Å². The molecule has 9 heteroatoms. The van der Waals surface area contributed by atoms with Gasteiger partial charge in [-0.2, -0.15) is 13.2 Å². The summed E-state index contributed by atoms with van der Waals surface area (Å²) in [5.74, 6) is -1.33. The molecule has 1 aromatic carbocycles. The number of carbonyl (C=O) groups excluding carboxylic acids is 2. The molecule has 1 saturated heterocycles. The van der Waals surface area contributed by atoms with Crippen LogP contribution in [0.15, 0.2) is 18.2 Å². The Hall–Kier alpha value is -2.16. The Kier molecular flexibility index (Phi) is 7.22. The van der Waals surface area contributed by atoms with Crippen molar-refractivity contribution < 1.29 is 27.2 Å². The molecule has 1 atom stereocenters. The normalized spacial score (nSPS) is 22.3. The molecule has 0 aromatic heterocycles. The largest absolute Gasteiger partial charge is 0.416 e. The van der Waals surface area contributed by atoms with Crippen molar-refractivity contribution in [3.8, 4) is 0 Å². The number of nitrogens with one attached hydrogen (secondary N) is 1. The number of carbonyl (C=O) groups is 2. The van der Waals surface area contributed by atoms with E-state index in [9.17, 15) is 27.2 Å². The molecule has 0 spiro atoms. The summed E-state index contributed by atoms with van der Waals surface area (Å²) in [5.41, 5.74) is 3.63. The third-order valence-corrected chi connectivity index (χ3v) is 7.75. The predicted octanol–water partition coefficient (Wildman–Crippen LogP) is 4.28. The molecule has 5 nitrogen and oxygen atoms in total. The van der Waals surface area contributed by atoms with E-state index in [2.05, 4.69) is 5.32 Å². The molecular formula is C25H33F4N3O2. The van der Waals surface area contributed by atoms with Crippen LogP contribution in [0.3, 0.4) is 0 Å². The molecule has 1 aromatic rings. The van der Waals surface area contributed by atoms with E-state index in [4.69, 9.17) is 5.73 Å². The van der Waals surface area contributed by atoms with Crippen LogP contribution < -0.4 is 11.1 Å². The van der Waals surface area contributed by atoms with E-state index in [1.807, 2.05) is 0 Å². The van der Waals surface area contributed by atoms with Crippen molar-refractivity contribution in [2.75, 3.05) is 13.1 Å². The lowest BCUT2D eigenvalue weighted by Crippen LogP contribution is -2.54. The van der Waals surface area contributed by atoms with Crippen LogP contribution in [0.4, 0.5) is 17.6 Å². The molecule has 0 bridgehead atoms. The number of benzene rings is 1. The molecule has 2 saturated carbocycles. The second-order valence-electron chi connectivity index (χ2n) is 10.2. The maximum Gasteiger partial charge on any atom is 0.416 e. The zero-order valence-electron chi connectivity index (χ0n) is 19.3. The third kappa shape index (κ3) is 5.39. The number of alkyl halides is 3. The second-order valence-corrected chi connectivity index (χ2v) is 10.2. The monoisotopic (exact) mass is 483 g/mol. The highest BCUT2D eigenvalue weighted by molar-refractivity contribution is 5.95. The van der Waals surface area contributed by atoms with Crippen molar-refractivity contribution in [2.45, 2.75) is 87.9 Å². The first-order valence-electron chi connectivity index (χ1n) is 12.3. The highest BCUT2D eigenvalue weighted by Crippen LogP contribution is 2.50. The van der Waals surface area contributed by atoms with E-state index in [0.29, 0.717) is 57.2 Å². The van der Waals surface area contributed by atoms with Crippen LogP contribution in [-0.2, 0) is 21.2 Å². The molecule has 3 aliphatic rings. The van der Waals surface area contributed by atoms with Gasteiger partial charge in [0, 0.05) is 24.7 Å². The van der Waals surface area contributed by atoms with Crippen LogP contribution in [0.5, 0.6) is 0 Å². The Bertz CT molecular complexity index is 902. The van der Waals surface area contributed by atoms with Gasteiger partial charge in [-0.25, -0.2) is 4.39 Å². The Morgan fingerprint density at radius 2 is 1.74 bits per heavy atom. The molecule has 188 valence electrons. The highest BCUT2D eigenvalue weighted by Gasteiger charge is 2.54. The summed E-state index contributed by atoms with van der Waals surface area (Å²) >= 11 is 0. The van der Waals surface area contributed by atoms with Gasteiger partial charge in [-0.1, -0.05) is 38.2 Å². The fourth-order valence-corrected chi connectivity index (χ4v) is 5.44. The lowest BCUT2D eigenvalue weighted by Gasteiger charge is -2.35. The SMILES string of the molecule is NC1CCN(C(=O)C(CC2CCCCC2)NC(=O)C2(c3ccc(C(F)(F)F)cc3F)CC2)CC1. The number of hydrogen-bond acceptors (Lipinski definition) is 3. The van der Waals surface area contributed by atoms with Gasteiger partial charge in [0.25, 0.3) is 0 Å². The maximum absolute atomic E-state index is 14.7. The lowest BCUT2D eigenvalue weighted by atomic mass is 9.84. The van der Waals surface area contributed by atoms with E-state index >= 15 is 0 Å². The van der Waals surface area contributed by atoms with E-state index in [1.165, 1.54) is 6.42 Å². The standard InChI is InChI=1S/C25H33F4N3O2/c26-20-15-17(25(27,28)29)6-7-19(20)24(10-11-24)23(34)31-21(14-16-4-2-1-3-5-16)22(33)32-12-8-18(30)9-13-32/h6-7,15-16,18,21H,1-5,8-14,30H2,(H,31,34). The fraction of sp³-hybridized carbons (Fsp3) is 0.680. The van der Waals surface area contributed by atoms with Gasteiger partial charge in [-0.05, 0) is 50.2 Å². The summed E-state index contributed by atoms with van der Waals surface area (Å²) in [6, 6.07) is 1.67. The molecule has 34 heavy (non-hydrogen) atoms. The number of likely N-dealkylation sites (tertiary alicyclic amines) is 1. The zero-order chi connectivity index (χ0) is 24.5. The van der Waals surface area contributed by atoms with Crippen LogP contribution in [0, 0.1) is 11.7 Å². The topological polar surface area (TPSA) is 75.4 Å². The van der Waals surface area contributed by atoms with Crippen molar-refractivity contribution in [2.24, 2.45) is 11.7 Å². The molecule has 2 aliphatic carbocycles. The van der Waals surface area contributed by atoms with Crippen LogP contribution in [0.2, 0.25) is 0 Å². The van der Waals surface area contributed by atoms with Gasteiger partial charge in [0.2, 0.25) is 11.8 Å². The summed E-state index contributed by atoms with van der Waals surface area (Å²) in [4.78, 5) is 28.5. The first-order chi connectivity index (χ1) is 16.1. The molecule has 2 amide bonds. The average molecular weight is 484 g/mol. The quantitative estimate of drug-likeness (QED) is 0.593. The summed E-state index contributed by atoms with van der Waals surface area (Å²) in [6.07, 6.45) is 3.32. The molecule has 0 radical (unpaired) electrons.